The molecule has 3 heterocycles. The van der Waals surface area contributed by atoms with Gasteiger partial charge in [0.05, 0.1) is 11.6 Å². The van der Waals surface area contributed by atoms with E-state index < -0.39 is 0 Å². The van der Waals surface area contributed by atoms with E-state index in [1.54, 1.807) is 6.20 Å². The summed E-state index contributed by atoms with van der Waals surface area (Å²) in [7, 11) is 0. The van der Waals surface area contributed by atoms with E-state index in [1.165, 1.54) is 0 Å². The highest BCUT2D eigenvalue weighted by Crippen LogP contribution is 2.33. The van der Waals surface area contributed by atoms with E-state index in [4.69, 9.17) is 0 Å². The Morgan fingerprint density at radius 1 is 1.07 bits per heavy atom. The van der Waals surface area contributed by atoms with Gasteiger partial charge in [-0.15, -0.1) is 0 Å². The van der Waals surface area contributed by atoms with Crippen LogP contribution in [0.1, 0.15) is 35.1 Å². The van der Waals surface area contributed by atoms with Crippen LogP contribution in [0, 0.1) is 0 Å². The summed E-state index contributed by atoms with van der Waals surface area (Å²) in [6.07, 6.45) is 3.65. The number of aromatic amines is 2. The van der Waals surface area contributed by atoms with Crippen molar-refractivity contribution >= 4 is 16.8 Å². The van der Waals surface area contributed by atoms with Crippen LogP contribution in [0.25, 0.3) is 22.3 Å². The molecule has 0 spiro atoms. The molecule has 1 aliphatic heterocycles. The van der Waals surface area contributed by atoms with Gasteiger partial charge in [0.1, 0.15) is 5.82 Å². The third-order valence-corrected chi connectivity index (χ3v) is 5.18. The second-order valence-corrected chi connectivity index (χ2v) is 6.81. The van der Waals surface area contributed by atoms with Gasteiger partial charge in [-0.1, -0.05) is 48.5 Å². The highest BCUT2D eigenvalue weighted by Gasteiger charge is 2.33. The molecule has 0 aliphatic carbocycles. The number of carbonyl (C=O) groups excluding carboxylic acids is 1. The number of amides is 1. The molecule has 27 heavy (non-hydrogen) atoms. The molecule has 6 nitrogen and oxygen atoms in total. The largest absolute Gasteiger partial charge is 0.360 e. The highest BCUT2D eigenvalue weighted by atomic mass is 16.2. The highest BCUT2D eigenvalue weighted by molar-refractivity contribution is 6.06. The molecule has 1 atom stereocenters. The van der Waals surface area contributed by atoms with Gasteiger partial charge >= 0.3 is 0 Å². The predicted octanol–water partition coefficient (Wildman–Crippen LogP) is 3.93. The number of hydrogen-bond donors (Lipinski definition) is 2. The van der Waals surface area contributed by atoms with Crippen molar-refractivity contribution in [1.29, 1.82) is 0 Å². The molecule has 2 aromatic carbocycles. The first-order valence-electron chi connectivity index (χ1n) is 9.16. The Morgan fingerprint density at radius 3 is 2.78 bits per heavy atom. The van der Waals surface area contributed by atoms with Crippen LogP contribution in [0.2, 0.25) is 0 Å². The summed E-state index contributed by atoms with van der Waals surface area (Å²) in [6.45, 7) is 0.727. The molecule has 2 N–H and O–H groups in total. The maximum Gasteiger partial charge on any atom is 0.256 e. The number of benzene rings is 2. The summed E-state index contributed by atoms with van der Waals surface area (Å²) in [5.41, 5.74) is 2.65. The van der Waals surface area contributed by atoms with Crippen molar-refractivity contribution in [2.75, 3.05) is 6.54 Å². The molecule has 0 bridgehead atoms. The number of para-hydroxylation sites is 1. The lowest BCUT2D eigenvalue weighted by molar-refractivity contribution is 0.0732. The third-order valence-electron chi connectivity index (χ3n) is 5.18. The zero-order chi connectivity index (χ0) is 18.2. The second kappa shape index (κ2) is 6.39. The van der Waals surface area contributed by atoms with Gasteiger partial charge in [0.2, 0.25) is 0 Å². The van der Waals surface area contributed by atoms with E-state index in [0.717, 1.165) is 41.7 Å². The average Bonchev–Trinajstić information content (AvgIpc) is 3.46. The first-order valence-corrected chi connectivity index (χ1v) is 9.16. The Hall–Kier alpha value is -3.41. The molecule has 6 heteroatoms. The summed E-state index contributed by atoms with van der Waals surface area (Å²) in [6, 6.07) is 17.7. The molecule has 4 aromatic rings. The Labute approximate surface area is 156 Å². The van der Waals surface area contributed by atoms with E-state index in [-0.39, 0.29) is 11.9 Å². The van der Waals surface area contributed by atoms with Gasteiger partial charge in [-0.2, -0.15) is 5.10 Å². The number of nitrogens with one attached hydrogen (secondary N) is 2. The molecule has 1 fully saturated rings. The minimum atomic E-state index is -0.0730. The van der Waals surface area contributed by atoms with Crippen LogP contribution >= 0.6 is 0 Å². The van der Waals surface area contributed by atoms with Gasteiger partial charge in [-0.25, -0.2) is 4.98 Å². The Kier molecular flexibility index (Phi) is 3.74. The van der Waals surface area contributed by atoms with Crippen molar-refractivity contribution in [2.45, 2.75) is 18.9 Å². The number of nitrogens with zero attached hydrogens (tertiary/aromatic N) is 3. The topological polar surface area (TPSA) is 77.7 Å². The number of aromatic nitrogens is 4. The Balaban J connectivity index is 1.45. The number of H-pyrrole nitrogens is 2. The number of carbonyl (C=O) groups is 1. The van der Waals surface area contributed by atoms with Crippen LogP contribution < -0.4 is 0 Å². The van der Waals surface area contributed by atoms with Gasteiger partial charge < -0.3 is 9.88 Å². The molecular weight excluding hydrogens is 338 g/mol. The molecule has 1 amide bonds. The van der Waals surface area contributed by atoms with E-state index in [2.05, 4.69) is 20.2 Å². The Bertz CT molecular complexity index is 1100. The molecule has 134 valence electrons. The number of rotatable bonds is 3. The number of fused-ring (bicyclic) bond motifs is 1. The molecular formula is C21H19N5O. The lowest BCUT2D eigenvalue weighted by atomic mass is 10.1. The Morgan fingerprint density at radius 2 is 1.89 bits per heavy atom. The van der Waals surface area contributed by atoms with Gasteiger partial charge in [-0.3, -0.25) is 9.89 Å². The van der Waals surface area contributed by atoms with Crippen molar-refractivity contribution in [3.05, 3.63) is 72.2 Å². The van der Waals surface area contributed by atoms with Crippen LogP contribution in [0.5, 0.6) is 0 Å². The van der Waals surface area contributed by atoms with Crippen molar-refractivity contribution in [2.24, 2.45) is 0 Å². The van der Waals surface area contributed by atoms with Crippen LogP contribution in [0.15, 0.2) is 60.8 Å². The van der Waals surface area contributed by atoms with Gasteiger partial charge in [0, 0.05) is 29.2 Å². The minimum absolute atomic E-state index is 0.0348. The van der Waals surface area contributed by atoms with Crippen molar-refractivity contribution in [3.63, 3.8) is 0 Å². The maximum atomic E-state index is 13.2. The SMILES string of the molecule is O=C(c1c[nH]c2ccccc12)N1CCCC1c1nc(-c2ccccc2)n[nH]1. The van der Waals surface area contributed by atoms with E-state index in [0.29, 0.717) is 11.4 Å². The molecule has 1 saturated heterocycles. The molecule has 5 rings (SSSR count). The van der Waals surface area contributed by atoms with E-state index >= 15 is 0 Å². The fraction of sp³-hybridized carbons (Fsp3) is 0.190. The zero-order valence-electron chi connectivity index (χ0n) is 14.7. The third kappa shape index (κ3) is 2.70. The summed E-state index contributed by atoms with van der Waals surface area (Å²) < 4.78 is 0. The lowest BCUT2D eigenvalue weighted by Gasteiger charge is -2.22. The number of hydrogen-bond acceptors (Lipinski definition) is 3. The molecule has 1 aliphatic rings. The summed E-state index contributed by atoms with van der Waals surface area (Å²) in [5.74, 6) is 1.45. The summed E-state index contributed by atoms with van der Waals surface area (Å²) >= 11 is 0. The quantitative estimate of drug-likeness (QED) is 0.583. The maximum absolute atomic E-state index is 13.2. The zero-order valence-corrected chi connectivity index (χ0v) is 14.7. The van der Waals surface area contributed by atoms with Crippen LogP contribution in [0.4, 0.5) is 0 Å². The fourth-order valence-corrected chi connectivity index (χ4v) is 3.84. The minimum Gasteiger partial charge on any atom is -0.360 e. The van der Waals surface area contributed by atoms with E-state index in [1.807, 2.05) is 59.5 Å². The second-order valence-electron chi connectivity index (χ2n) is 6.81. The molecule has 2 aromatic heterocycles. The monoisotopic (exact) mass is 357 g/mol. The van der Waals surface area contributed by atoms with Gasteiger partial charge in [0.25, 0.3) is 5.91 Å². The normalized spacial score (nSPS) is 16.9. The molecule has 0 radical (unpaired) electrons. The van der Waals surface area contributed by atoms with Gasteiger partial charge in [0.15, 0.2) is 5.82 Å². The summed E-state index contributed by atoms with van der Waals surface area (Å²) in [5, 5.41) is 8.36. The van der Waals surface area contributed by atoms with Crippen LogP contribution in [-0.4, -0.2) is 37.5 Å². The van der Waals surface area contributed by atoms with Crippen molar-refractivity contribution < 1.29 is 4.79 Å². The average molecular weight is 357 g/mol. The molecule has 1 unspecified atom stereocenters. The predicted molar refractivity (Wildman–Crippen MR) is 103 cm³/mol. The van der Waals surface area contributed by atoms with E-state index in [9.17, 15) is 4.79 Å². The van der Waals surface area contributed by atoms with Crippen molar-refractivity contribution in [1.82, 2.24) is 25.1 Å². The van der Waals surface area contributed by atoms with Gasteiger partial charge in [-0.05, 0) is 18.9 Å². The first-order chi connectivity index (χ1) is 13.3. The first kappa shape index (κ1) is 15.8. The number of likely N-dealkylation sites (tertiary alicyclic amines) is 1. The summed E-state index contributed by atoms with van der Waals surface area (Å²) in [4.78, 5) is 23.0. The van der Waals surface area contributed by atoms with Crippen LogP contribution in [0.3, 0.4) is 0 Å². The standard InChI is InChI=1S/C21H19N5O/c27-21(16-13-22-17-10-5-4-9-15(16)17)26-12-6-11-18(26)20-23-19(24-25-20)14-7-2-1-3-8-14/h1-5,7-10,13,18,22H,6,11-12H2,(H,23,24,25). The lowest BCUT2D eigenvalue weighted by Crippen LogP contribution is -2.31. The molecule has 0 saturated carbocycles. The van der Waals surface area contributed by atoms with Crippen LogP contribution in [-0.2, 0) is 0 Å². The smallest absolute Gasteiger partial charge is 0.256 e. The fourth-order valence-electron chi connectivity index (χ4n) is 3.84. The van der Waals surface area contributed by atoms with Crippen molar-refractivity contribution in [3.8, 4) is 11.4 Å².